The van der Waals surface area contributed by atoms with E-state index in [2.05, 4.69) is 19.1 Å². The van der Waals surface area contributed by atoms with Gasteiger partial charge >= 0.3 is 5.97 Å². The molecule has 1 N–H and O–H groups in total. The Morgan fingerprint density at radius 1 is 0.923 bits per heavy atom. The summed E-state index contributed by atoms with van der Waals surface area (Å²) in [6.45, 7) is 5.74. The number of carbonyl (C=O) groups excluding carboxylic acids is 2. The van der Waals surface area contributed by atoms with Gasteiger partial charge in [-0.05, 0) is 46.0 Å². The van der Waals surface area contributed by atoms with E-state index in [1.54, 1.807) is 6.92 Å². The van der Waals surface area contributed by atoms with Crippen molar-refractivity contribution in [2.24, 2.45) is 5.92 Å². The van der Waals surface area contributed by atoms with Gasteiger partial charge in [-0.15, -0.1) is 0 Å². The lowest BCUT2D eigenvalue weighted by Crippen LogP contribution is -2.24. The van der Waals surface area contributed by atoms with E-state index in [0.29, 0.717) is 13.0 Å². The van der Waals surface area contributed by atoms with Gasteiger partial charge in [0.25, 0.3) is 0 Å². The summed E-state index contributed by atoms with van der Waals surface area (Å²) in [6.07, 6.45) is 16.3. The van der Waals surface area contributed by atoms with Gasteiger partial charge in [0.15, 0.2) is 0 Å². The summed E-state index contributed by atoms with van der Waals surface area (Å²) >= 11 is 0. The third kappa shape index (κ3) is 14.1. The second-order valence-corrected chi connectivity index (χ2v) is 7.12. The van der Waals surface area contributed by atoms with Gasteiger partial charge in [0.2, 0.25) is 0 Å². The van der Waals surface area contributed by atoms with Gasteiger partial charge in [0.1, 0.15) is 11.7 Å². The summed E-state index contributed by atoms with van der Waals surface area (Å²) in [5, 5.41) is 9.88. The van der Waals surface area contributed by atoms with Gasteiger partial charge in [0.05, 0.1) is 12.7 Å². The first-order chi connectivity index (χ1) is 12.5. The standard InChI is InChI=1S/C22H40O4/c1-4-6-7-13-16-20(24)17-14-11-9-8-10-12-15-18-21(19(3)23)22(25)26-5-2/h11,14,20-21,24H,4-10,12-13,15-18H2,1-3H3/b14-11-/t20-,21?/m1/s1. The summed E-state index contributed by atoms with van der Waals surface area (Å²) in [6, 6.07) is 0. The number of hydrogen-bond acceptors (Lipinski definition) is 4. The van der Waals surface area contributed by atoms with Crippen LogP contribution in [-0.2, 0) is 14.3 Å². The summed E-state index contributed by atoms with van der Waals surface area (Å²) in [5.74, 6) is -1.07. The number of aliphatic hydroxyl groups excluding tert-OH is 1. The number of esters is 1. The first kappa shape index (κ1) is 24.8. The Morgan fingerprint density at radius 2 is 1.58 bits per heavy atom. The maximum atomic E-state index is 11.7. The third-order valence-electron chi connectivity index (χ3n) is 4.64. The average Bonchev–Trinajstić information content (AvgIpc) is 2.60. The Morgan fingerprint density at radius 3 is 2.23 bits per heavy atom. The minimum absolute atomic E-state index is 0.0976. The number of ketones is 1. The fourth-order valence-electron chi connectivity index (χ4n) is 2.99. The number of hydrogen-bond donors (Lipinski definition) is 1. The highest BCUT2D eigenvalue weighted by Crippen LogP contribution is 2.15. The molecule has 0 spiro atoms. The van der Waals surface area contributed by atoms with Crippen LogP contribution in [0.2, 0.25) is 0 Å². The van der Waals surface area contributed by atoms with Crippen molar-refractivity contribution in [3.8, 4) is 0 Å². The minimum atomic E-state index is -0.589. The molecule has 0 radical (unpaired) electrons. The highest BCUT2D eigenvalue weighted by Gasteiger charge is 2.23. The largest absolute Gasteiger partial charge is 0.465 e. The van der Waals surface area contributed by atoms with E-state index in [4.69, 9.17) is 4.74 Å². The van der Waals surface area contributed by atoms with Crippen LogP contribution in [0.4, 0.5) is 0 Å². The lowest BCUT2D eigenvalue weighted by atomic mass is 9.97. The van der Waals surface area contributed by atoms with E-state index in [1.807, 2.05) is 0 Å². The molecule has 0 heterocycles. The van der Waals surface area contributed by atoms with E-state index in [-0.39, 0.29) is 17.9 Å². The zero-order valence-electron chi connectivity index (χ0n) is 17.2. The minimum Gasteiger partial charge on any atom is -0.465 e. The summed E-state index contributed by atoms with van der Waals surface area (Å²) in [5.41, 5.74) is 0. The van der Waals surface area contributed by atoms with Crippen molar-refractivity contribution in [3.05, 3.63) is 12.2 Å². The fourth-order valence-corrected chi connectivity index (χ4v) is 2.99. The number of carbonyl (C=O) groups is 2. The van der Waals surface area contributed by atoms with Crippen molar-refractivity contribution in [2.45, 2.75) is 104 Å². The monoisotopic (exact) mass is 368 g/mol. The second kappa shape index (κ2) is 17.3. The molecule has 0 saturated carbocycles. The SMILES string of the molecule is CCCCCC[C@@H](O)C/C=C\CCCCCCC(C(C)=O)C(=O)OCC. The predicted octanol–water partition coefficient (Wildman–Crippen LogP) is 5.37. The van der Waals surface area contributed by atoms with Gasteiger partial charge < -0.3 is 9.84 Å². The molecule has 0 rings (SSSR count). The van der Waals surface area contributed by atoms with E-state index in [9.17, 15) is 14.7 Å². The molecule has 0 aliphatic carbocycles. The van der Waals surface area contributed by atoms with Crippen molar-refractivity contribution < 1.29 is 19.4 Å². The molecule has 4 nitrogen and oxygen atoms in total. The van der Waals surface area contributed by atoms with Crippen LogP contribution in [0.3, 0.4) is 0 Å². The zero-order valence-corrected chi connectivity index (χ0v) is 17.2. The van der Waals surface area contributed by atoms with Crippen LogP contribution in [0.1, 0.15) is 97.8 Å². The third-order valence-corrected chi connectivity index (χ3v) is 4.64. The van der Waals surface area contributed by atoms with Crippen LogP contribution in [0.15, 0.2) is 12.2 Å². The van der Waals surface area contributed by atoms with Crippen LogP contribution in [-0.4, -0.2) is 29.6 Å². The van der Waals surface area contributed by atoms with Crippen LogP contribution in [0.25, 0.3) is 0 Å². The van der Waals surface area contributed by atoms with Gasteiger partial charge in [-0.3, -0.25) is 9.59 Å². The van der Waals surface area contributed by atoms with E-state index < -0.39 is 5.92 Å². The number of allylic oxidation sites excluding steroid dienone is 1. The number of unbranched alkanes of at least 4 members (excludes halogenated alkanes) is 7. The van der Waals surface area contributed by atoms with E-state index >= 15 is 0 Å². The Balaban J connectivity index is 3.65. The van der Waals surface area contributed by atoms with Crippen molar-refractivity contribution in [2.75, 3.05) is 6.61 Å². The molecule has 4 heteroatoms. The van der Waals surface area contributed by atoms with Crippen LogP contribution in [0.5, 0.6) is 0 Å². The molecular weight excluding hydrogens is 328 g/mol. The van der Waals surface area contributed by atoms with Gasteiger partial charge in [0, 0.05) is 0 Å². The second-order valence-electron chi connectivity index (χ2n) is 7.12. The number of rotatable bonds is 17. The summed E-state index contributed by atoms with van der Waals surface area (Å²) in [7, 11) is 0. The smallest absolute Gasteiger partial charge is 0.316 e. The predicted molar refractivity (Wildman–Crippen MR) is 107 cm³/mol. The Kier molecular flexibility index (Phi) is 16.5. The van der Waals surface area contributed by atoms with Crippen molar-refractivity contribution in [1.82, 2.24) is 0 Å². The van der Waals surface area contributed by atoms with Crippen LogP contribution < -0.4 is 0 Å². The normalized spacial score (nSPS) is 13.7. The Hall–Kier alpha value is -1.16. The molecule has 0 saturated heterocycles. The molecule has 2 atom stereocenters. The number of Topliss-reactive ketones (excluding diaryl/α,β-unsaturated/α-hetero) is 1. The maximum Gasteiger partial charge on any atom is 0.316 e. The lowest BCUT2D eigenvalue weighted by Gasteiger charge is -2.12. The molecule has 0 bridgehead atoms. The van der Waals surface area contributed by atoms with E-state index in [0.717, 1.165) is 51.4 Å². The number of ether oxygens (including phenoxy) is 1. The summed E-state index contributed by atoms with van der Waals surface area (Å²) < 4.78 is 4.95. The van der Waals surface area contributed by atoms with Gasteiger partial charge in [-0.1, -0.05) is 64.0 Å². The lowest BCUT2D eigenvalue weighted by molar-refractivity contribution is -0.151. The fraction of sp³-hybridized carbons (Fsp3) is 0.818. The molecular formula is C22H40O4. The quantitative estimate of drug-likeness (QED) is 0.162. The highest BCUT2D eigenvalue weighted by molar-refractivity contribution is 5.97. The van der Waals surface area contributed by atoms with Crippen LogP contribution >= 0.6 is 0 Å². The summed E-state index contributed by atoms with van der Waals surface area (Å²) in [4.78, 5) is 23.2. The zero-order chi connectivity index (χ0) is 19.6. The van der Waals surface area contributed by atoms with Crippen molar-refractivity contribution in [1.29, 1.82) is 0 Å². The molecule has 152 valence electrons. The Bertz CT molecular complexity index is 390. The van der Waals surface area contributed by atoms with Crippen molar-refractivity contribution in [3.63, 3.8) is 0 Å². The molecule has 0 aliphatic rings. The topological polar surface area (TPSA) is 63.6 Å². The van der Waals surface area contributed by atoms with Gasteiger partial charge in [-0.2, -0.15) is 0 Å². The molecule has 1 unspecified atom stereocenters. The highest BCUT2D eigenvalue weighted by atomic mass is 16.5. The molecule has 26 heavy (non-hydrogen) atoms. The molecule has 0 fully saturated rings. The molecule has 0 aromatic rings. The van der Waals surface area contributed by atoms with Crippen molar-refractivity contribution >= 4 is 11.8 Å². The first-order valence-electron chi connectivity index (χ1n) is 10.5. The number of aliphatic hydroxyl groups is 1. The Labute approximate surface area is 160 Å². The average molecular weight is 369 g/mol. The van der Waals surface area contributed by atoms with Gasteiger partial charge in [-0.25, -0.2) is 0 Å². The van der Waals surface area contributed by atoms with E-state index in [1.165, 1.54) is 26.2 Å². The first-order valence-corrected chi connectivity index (χ1v) is 10.5. The maximum absolute atomic E-state index is 11.7. The molecule has 0 aromatic carbocycles. The molecule has 0 aliphatic heterocycles. The molecule has 0 amide bonds. The van der Waals surface area contributed by atoms with Crippen LogP contribution in [0, 0.1) is 5.92 Å². The molecule has 0 aromatic heterocycles.